The van der Waals surface area contributed by atoms with Crippen LogP contribution in [0.25, 0.3) is 11.1 Å². The zero-order chi connectivity index (χ0) is 11.6. The minimum atomic E-state index is -3.13. The minimum absolute atomic E-state index is 0.335. The Morgan fingerprint density at radius 1 is 1.44 bits per heavy atom. The lowest BCUT2D eigenvalue weighted by molar-refractivity contribution is 0.568. The summed E-state index contributed by atoms with van der Waals surface area (Å²) in [6, 6.07) is 3.82. The van der Waals surface area contributed by atoms with Crippen LogP contribution in [-0.2, 0) is 16.6 Å². The molecule has 2 aromatic heterocycles. The molecule has 0 spiro atoms. The third-order valence-electron chi connectivity index (χ3n) is 2.02. The van der Waals surface area contributed by atoms with Gasteiger partial charge in [0.2, 0.25) is 10.0 Å². The quantitative estimate of drug-likeness (QED) is 0.912. The summed E-state index contributed by atoms with van der Waals surface area (Å²) in [4.78, 5) is 0.974. The Balaban J connectivity index is 2.09. The molecule has 0 aliphatic carbocycles. The first kappa shape index (κ1) is 11.4. The van der Waals surface area contributed by atoms with Crippen LogP contribution in [0.4, 0.5) is 0 Å². The molecular formula is C10H11NO3S2. The second-order valence-electron chi connectivity index (χ2n) is 3.41. The molecule has 0 unspecified atom stereocenters. The van der Waals surface area contributed by atoms with Crippen molar-refractivity contribution in [2.45, 2.75) is 6.54 Å². The Morgan fingerprint density at radius 3 is 2.88 bits per heavy atom. The third kappa shape index (κ3) is 2.94. The zero-order valence-electron chi connectivity index (χ0n) is 8.64. The minimum Gasteiger partial charge on any atom is -0.472 e. The predicted octanol–water partition coefficient (Wildman–Crippen LogP) is 2.06. The Morgan fingerprint density at radius 2 is 2.25 bits per heavy atom. The molecule has 1 N–H and O–H groups in total. The van der Waals surface area contributed by atoms with Crippen molar-refractivity contribution in [3.63, 3.8) is 0 Å². The lowest BCUT2D eigenvalue weighted by atomic mass is 10.2. The smallest absolute Gasteiger partial charge is 0.209 e. The van der Waals surface area contributed by atoms with Crippen molar-refractivity contribution in [1.82, 2.24) is 4.72 Å². The van der Waals surface area contributed by atoms with Gasteiger partial charge in [0.15, 0.2) is 0 Å². The monoisotopic (exact) mass is 257 g/mol. The highest BCUT2D eigenvalue weighted by Gasteiger charge is 2.05. The van der Waals surface area contributed by atoms with Crippen molar-refractivity contribution in [2.24, 2.45) is 0 Å². The number of rotatable bonds is 4. The van der Waals surface area contributed by atoms with Crippen LogP contribution >= 0.6 is 11.3 Å². The molecule has 0 aliphatic rings. The van der Waals surface area contributed by atoms with E-state index in [4.69, 9.17) is 4.42 Å². The Hall–Kier alpha value is -1.11. The number of nitrogens with one attached hydrogen (secondary N) is 1. The largest absolute Gasteiger partial charge is 0.472 e. The average molecular weight is 257 g/mol. The van der Waals surface area contributed by atoms with Gasteiger partial charge >= 0.3 is 0 Å². The highest BCUT2D eigenvalue weighted by Crippen LogP contribution is 2.25. The lowest BCUT2D eigenvalue weighted by Crippen LogP contribution is -2.20. The van der Waals surface area contributed by atoms with Crippen LogP contribution in [0.3, 0.4) is 0 Å². The fourth-order valence-electron chi connectivity index (χ4n) is 1.26. The van der Waals surface area contributed by atoms with E-state index >= 15 is 0 Å². The maximum absolute atomic E-state index is 10.9. The number of furan rings is 1. The fourth-order valence-corrected chi connectivity index (χ4v) is 2.60. The van der Waals surface area contributed by atoms with E-state index in [1.165, 1.54) is 11.3 Å². The summed E-state index contributed by atoms with van der Waals surface area (Å²) < 4.78 is 29.3. The van der Waals surface area contributed by atoms with Gasteiger partial charge in [-0.2, -0.15) is 0 Å². The highest BCUT2D eigenvalue weighted by molar-refractivity contribution is 7.88. The second kappa shape index (κ2) is 4.40. The van der Waals surface area contributed by atoms with Crippen molar-refractivity contribution in [3.05, 3.63) is 34.9 Å². The first-order valence-electron chi connectivity index (χ1n) is 4.59. The maximum Gasteiger partial charge on any atom is 0.209 e. The molecule has 16 heavy (non-hydrogen) atoms. The van der Waals surface area contributed by atoms with Crippen LogP contribution in [0, 0.1) is 0 Å². The molecule has 0 saturated heterocycles. The van der Waals surface area contributed by atoms with Crippen LogP contribution in [0.5, 0.6) is 0 Å². The van der Waals surface area contributed by atoms with Crippen LogP contribution in [0.15, 0.2) is 34.5 Å². The Bertz CT molecular complexity index is 555. The van der Waals surface area contributed by atoms with Gasteiger partial charge in [-0.15, -0.1) is 11.3 Å². The van der Waals surface area contributed by atoms with Crippen LogP contribution < -0.4 is 4.72 Å². The summed E-state index contributed by atoms with van der Waals surface area (Å²) in [5, 5.41) is 1.98. The van der Waals surface area contributed by atoms with E-state index in [-0.39, 0.29) is 0 Å². The fraction of sp³-hybridized carbons (Fsp3) is 0.200. The molecule has 2 rings (SSSR count). The predicted molar refractivity (Wildman–Crippen MR) is 63.7 cm³/mol. The van der Waals surface area contributed by atoms with Crippen molar-refractivity contribution in [3.8, 4) is 11.1 Å². The zero-order valence-corrected chi connectivity index (χ0v) is 10.3. The molecule has 0 bridgehead atoms. The van der Waals surface area contributed by atoms with Crippen molar-refractivity contribution in [1.29, 1.82) is 0 Å². The molecule has 0 saturated carbocycles. The van der Waals surface area contributed by atoms with Gasteiger partial charge < -0.3 is 4.42 Å². The molecule has 2 aromatic rings. The summed E-state index contributed by atoms with van der Waals surface area (Å²) in [7, 11) is -3.13. The summed E-state index contributed by atoms with van der Waals surface area (Å²) in [6.45, 7) is 0.335. The molecule has 2 heterocycles. The van der Waals surface area contributed by atoms with Crippen LogP contribution in [0.1, 0.15) is 4.88 Å². The standard InChI is InChI=1S/C10H11NO3S2/c1-16(12,13)11-5-10-4-9(7-15-10)8-2-3-14-6-8/h2-4,6-7,11H,5H2,1H3. The molecule has 0 radical (unpaired) electrons. The number of thiophene rings is 1. The SMILES string of the molecule is CS(=O)(=O)NCc1cc(-c2ccoc2)cs1. The normalized spacial score (nSPS) is 11.8. The van der Waals surface area contributed by atoms with Crippen LogP contribution in [-0.4, -0.2) is 14.7 Å². The average Bonchev–Trinajstić information content (AvgIpc) is 2.84. The summed E-state index contributed by atoms with van der Waals surface area (Å²) in [6.07, 6.45) is 4.43. The lowest BCUT2D eigenvalue weighted by Gasteiger charge is -1.97. The summed E-state index contributed by atoms with van der Waals surface area (Å²) in [5.41, 5.74) is 2.05. The van der Waals surface area contributed by atoms with E-state index in [0.717, 1.165) is 22.3 Å². The van der Waals surface area contributed by atoms with E-state index in [2.05, 4.69) is 4.72 Å². The van der Waals surface area contributed by atoms with Crippen molar-refractivity contribution in [2.75, 3.05) is 6.26 Å². The first-order chi connectivity index (χ1) is 7.54. The topological polar surface area (TPSA) is 59.3 Å². The Kier molecular flexibility index (Phi) is 3.13. The van der Waals surface area contributed by atoms with Gasteiger partial charge in [-0.3, -0.25) is 0 Å². The van der Waals surface area contributed by atoms with Crippen molar-refractivity contribution < 1.29 is 12.8 Å². The molecular weight excluding hydrogens is 246 g/mol. The molecule has 0 aromatic carbocycles. The van der Waals surface area contributed by atoms with E-state index < -0.39 is 10.0 Å². The second-order valence-corrected chi connectivity index (χ2v) is 6.24. The molecule has 0 amide bonds. The number of sulfonamides is 1. The van der Waals surface area contributed by atoms with E-state index in [9.17, 15) is 8.42 Å². The first-order valence-corrected chi connectivity index (χ1v) is 7.36. The van der Waals surface area contributed by atoms with E-state index in [1.54, 1.807) is 12.5 Å². The van der Waals surface area contributed by atoms with Gasteiger partial charge in [-0.1, -0.05) is 0 Å². The van der Waals surface area contributed by atoms with E-state index in [1.807, 2.05) is 17.5 Å². The van der Waals surface area contributed by atoms with Gasteiger partial charge in [0.05, 0.1) is 18.8 Å². The van der Waals surface area contributed by atoms with Gasteiger partial charge in [-0.05, 0) is 23.1 Å². The van der Waals surface area contributed by atoms with Gasteiger partial charge in [0, 0.05) is 17.0 Å². The number of hydrogen-bond acceptors (Lipinski definition) is 4. The van der Waals surface area contributed by atoms with Gasteiger partial charge in [-0.25, -0.2) is 13.1 Å². The molecule has 0 aliphatic heterocycles. The molecule has 4 nitrogen and oxygen atoms in total. The molecule has 86 valence electrons. The molecule has 0 atom stereocenters. The molecule has 6 heteroatoms. The van der Waals surface area contributed by atoms with Crippen molar-refractivity contribution >= 4 is 21.4 Å². The number of hydrogen-bond donors (Lipinski definition) is 1. The summed E-state index contributed by atoms with van der Waals surface area (Å²) >= 11 is 1.52. The van der Waals surface area contributed by atoms with Gasteiger partial charge in [0.25, 0.3) is 0 Å². The summed E-state index contributed by atoms with van der Waals surface area (Å²) in [5.74, 6) is 0. The maximum atomic E-state index is 10.9. The van der Waals surface area contributed by atoms with E-state index in [0.29, 0.717) is 6.54 Å². The third-order valence-corrected chi connectivity index (χ3v) is 3.62. The highest BCUT2D eigenvalue weighted by atomic mass is 32.2. The molecule has 0 fully saturated rings. The van der Waals surface area contributed by atoms with Gasteiger partial charge in [0.1, 0.15) is 0 Å². The van der Waals surface area contributed by atoms with Crippen LogP contribution in [0.2, 0.25) is 0 Å². The Labute approximate surface area is 98.0 Å².